The van der Waals surface area contributed by atoms with Crippen molar-refractivity contribution in [1.29, 1.82) is 0 Å². The maximum Gasteiger partial charge on any atom is 0.0441 e. The second-order valence-electron chi connectivity index (χ2n) is 0.577. The minimum Gasteiger partial charge on any atom is -0.358 e. The van der Waals surface area contributed by atoms with Gasteiger partial charge in [0, 0.05) is 75.5 Å². The van der Waals surface area contributed by atoms with Crippen molar-refractivity contribution in [2.75, 3.05) is 13.3 Å². The van der Waals surface area contributed by atoms with E-state index in [4.69, 9.17) is 0 Å². The van der Waals surface area contributed by atoms with E-state index in [1.165, 1.54) is 0 Å². The van der Waals surface area contributed by atoms with Gasteiger partial charge in [-0.2, -0.15) is 0 Å². The maximum absolute atomic E-state index is 2.21. The summed E-state index contributed by atoms with van der Waals surface area (Å²) >= 11 is 0. The molecule has 0 saturated carbocycles. The second kappa shape index (κ2) is 82.1. The van der Waals surface area contributed by atoms with E-state index in [1.54, 1.807) is 0 Å². The first-order chi connectivity index (χ1) is 1.41. The molecule has 0 bridgehead atoms. The molecule has 0 aliphatic rings. The van der Waals surface area contributed by atoms with Gasteiger partial charge in [-0.3, -0.25) is 0 Å². The first-order valence-electron chi connectivity index (χ1n) is 1.15. The van der Waals surface area contributed by atoms with E-state index >= 15 is 0 Å². The summed E-state index contributed by atoms with van der Waals surface area (Å²) in [5, 5.41) is 0. The SMILES string of the molecule is C.C.C[PH2+]C.[B].[CH3-].[W].[Y]. The molecule has 0 amide bonds. The standard InChI is InChI=1S/C2H7P.2CH4.CH3.B.W.Y/c1-3-2;;;;;;/h3H,1-2H3;2*1H4;1H3;;;/q;;;-1;;;/p+1. The number of hydrogen-bond acceptors (Lipinski definition) is 0. The van der Waals surface area contributed by atoms with Crippen LogP contribution >= 0.6 is 8.58 Å². The summed E-state index contributed by atoms with van der Waals surface area (Å²) in [5.74, 6) is 0. The fourth-order valence-corrected chi connectivity index (χ4v) is 0. The normalized spacial score (nSPS) is 2.00. The van der Waals surface area contributed by atoms with E-state index < -0.39 is 0 Å². The Hall–Kier alpha value is 2.29. The summed E-state index contributed by atoms with van der Waals surface area (Å²) in [4.78, 5) is 0. The minimum atomic E-state index is 0. The summed E-state index contributed by atoms with van der Waals surface area (Å²) in [6, 6.07) is 0. The molecule has 0 heterocycles. The molecular weight excluding hydrogens is 375 g/mol. The molecule has 0 unspecified atom stereocenters. The first-order valence-corrected chi connectivity index (χ1v) is 3.46. The van der Waals surface area contributed by atoms with Crippen molar-refractivity contribution in [2.24, 2.45) is 0 Å². The fourth-order valence-electron chi connectivity index (χ4n) is 0. The molecule has 0 rings (SSSR count). The van der Waals surface area contributed by atoms with Gasteiger partial charge in [0.25, 0.3) is 0 Å². The molecule has 0 atom stereocenters. The quantitative estimate of drug-likeness (QED) is 0.335. The summed E-state index contributed by atoms with van der Waals surface area (Å²) in [5.41, 5.74) is 0. The summed E-state index contributed by atoms with van der Waals surface area (Å²) < 4.78 is 0. The van der Waals surface area contributed by atoms with Crippen LogP contribution in [0.1, 0.15) is 14.9 Å². The van der Waals surface area contributed by atoms with Crippen molar-refractivity contribution >= 4 is 17.0 Å². The van der Waals surface area contributed by atoms with Gasteiger partial charge in [-0.05, 0) is 8.58 Å². The predicted molar refractivity (Wildman–Crippen MR) is 47.2 cm³/mol. The van der Waals surface area contributed by atoms with Crippen LogP contribution in [-0.4, -0.2) is 21.7 Å². The Labute approximate surface area is 105 Å². The van der Waals surface area contributed by atoms with Crippen LogP contribution < -0.4 is 0 Å². The van der Waals surface area contributed by atoms with E-state index in [1.807, 2.05) is 0 Å². The zero-order chi connectivity index (χ0) is 2.71. The zero-order valence-electron chi connectivity index (χ0n) is 5.14. The van der Waals surface area contributed by atoms with E-state index in [0.717, 1.165) is 8.58 Å². The van der Waals surface area contributed by atoms with Crippen LogP contribution in [0.25, 0.3) is 0 Å². The van der Waals surface area contributed by atoms with Gasteiger partial charge in [0.1, 0.15) is 0 Å². The molecule has 4 radical (unpaired) electrons. The molecule has 56 valence electrons. The molecule has 0 nitrogen and oxygen atoms in total. The summed E-state index contributed by atoms with van der Waals surface area (Å²) in [6.07, 6.45) is 0. The molecular formula is C5H19BPWY. The van der Waals surface area contributed by atoms with Crippen LogP contribution in [0.2, 0.25) is 0 Å². The van der Waals surface area contributed by atoms with Crippen LogP contribution in [0, 0.1) is 7.43 Å². The van der Waals surface area contributed by atoms with E-state index in [0.29, 0.717) is 0 Å². The van der Waals surface area contributed by atoms with Gasteiger partial charge in [0.05, 0.1) is 0 Å². The van der Waals surface area contributed by atoms with Crippen molar-refractivity contribution in [1.82, 2.24) is 0 Å². The van der Waals surface area contributed by atoms with E-state index in [-0.39, 0.29) is 84.5 Å². The van der Waals surface area contributed by atoms with Gasteiger partial charge >= 0.3 is 0 Å². The van der Waals surface area contributed by atoms with Crippen LogP contribution in [0.3, 0.4) is 0 Å². The molecule has 9 heavy (non-hydrogen) atoms. The van der Waals surface area contributed by atoms with Gasteiger partial charge in [0.15, 0.2) is 0 Å². The van der Waals surface area contributed by atoms with Crippen LogP contribution in [0.15, 0.2) is 0 Å². The molecule has 0 saturated heterocycles. The Kier molecular flexibility index (Phi) is 593. The molecule has 0 aliphatic heterocycles. The van der Waals surface area contributed by atoms with Crippen LogP contribution in [-0.2, 0) is 53.8 Å². The molecule has 0 aliphatic carbocycles. The molecule has 4 heteroatoms. The van der Waals surface area contributed by atoms with Gasteiger partial charge in [0.2, 0.25) is 0 Å². The largest absolute Gasteiger partial charge is 0.358 e. The van der Waals surface area contributed by atoms with Gasteiger partial charge in [-0.25, -0.2) is 0 Å². The molecule has 0 aromatic heterocycles. The number of hydrogen-bond donors (Lipinski definition) is 0. The van der Waals surface area contributed by atoms with Crippen molar-refractivity contribution in [3.8, 4) is 0 Å². The van der Waals surface area contributed by atoms with Crippen molar-refractivity contribution in [3.05, 3.63) is 7.43 Å². The smallest absolute Gasteiger partial charge is 0.0441 e. The first kappa shape index (κ1) is 65.0. The van der Waals surface area contributed by atoms with Gasteiger partial charge in [-0.1, -0.05) is 14.9 Å². The third kappa shape index (κ3) is 135. The Morgan fingerprint density at radius 3 is 1.00 bits per heavy atom. The predicted octanol–water partition coefficient (Wildman–Crippen LogP) is 1.99. The monoisotopic (exact) mass is 394 g/mol. The Morgan fingerprint density at radius 2 is 1.00 bits per heavy atom. The summed E-state index contributed by atoms with van der Waals surface area (Å²) in [6.45, 7) is 4.42. The van der Waals surface area contributed by atoms with E-state index in [9.17, 15) is 0 Å². The average molecular weight is 394 g/mol. The van der Waals surface area contributed by atoms with Gasteiger partial charge < -0.3 is 7.43 Å². The van der Waals surface area contributed by atoms with Gasteiger partial charge in [-0.15, -0.1) is 0 Å². The minimum absolute atomic E-state index is 0. The third-order valence-corrected chi connectivity index (χ3v) is 0. The Morgan fingerprint density at radius 1 is 1.00 bits per heavy atom. The second-order valence-corrected chi connectivity index (χ2v) is 1.73. The summed E-state index contributed by atoms with van der Waals surface area (Å²) in [7, 11) is 0.750. The average Bonchev–Trinajstić information content (AvgIpc) is 0.918. The Bertz CT molecular complexity index is 16.9. The van der Waals surface area contributed by atoms with Crippen LogP contribution in [0.5, 0.6) is 0 Å². The maximum atomic E-state index is 2.21. The molecule has 0 N–H and O–H groups in total. The third-order valence-electron chi connectivity index (χ3n) is 0. The van der Waals surface area contributed by atoms with Crippen molar-refractivity contribution < 1.29 is 53.8 Å². The van der Waals surface area contributed by atoms with Crippen LogP contribution in [0.4, 0.5) is 0 Å². The fraction of sp³-hybridized carbons (Fsp3) is 0.800. The zero-order valence-corrected chi connectivity index (χ0v) is 12.1. The van der Waals surface area contributed by atoms with E-state index in [2.05, 4.69) is 13.3 Å². The molecule has 0 fully saturated rings. The van der Waals surface area contributed by atoms with Crippen molar-refractivity contribution in [2.45, 2.75) is 14.9 Å². The molecule has 0 spiro atoms. The molecule has 0 aromatic carbocycles. The number of rotatable bonds is 0. The molecule has 0 aromatic rings. The van der Waals surface area contributed by atoms with Crippen molar-refractivity contribution in [3.63, 3.8) is 0 Å². The Balaban J connectivity index is -0.00000000133. The topological polar surface area (TPSA) is 0 Å².